The lowest BCUT2D eigenvalue weighted by atomic mass is 9.33. The largest absolute Gasteiger partial charge is 0.311 e. The standard InChI is InChI=1S/C66H44BN5.C42H28BBr2N3.C13H10/c1-5-21-45(22-6-1)68(46-23-7-2-8-24-46)51-43-64-66-65(44-51)70(48-27-11-4-12-28-48)63-40-38-50(72-60-35-19-15-31-54(60)55-32-16-20-36-61(55)72)42-57(63)67(66)56-41-49(37-39-62(56)69(64)47-25-9-3-10-26-47)71-58-33-17-13-29-52(58)53-30-14-18-34-59(53)71;44-29-21-23-38-36(25-29)43-37-26-30(45)22-24-39(37)48(34-19-11-4-12-20-34)41-28-35(27-40(42(41)43)47(38)33-17-9-3-10-18-33)46(31-13-5-1-6-14-31)32-15-7-2-8-16-32;1-3-7-12-10(5-1)9-11-6-2-4-8-13(11)12/h1-44H;1-28H;1-8H,9H2. The van der Waals surface area contributed by atoms with Crippen LogP contribution in [0.3, 0.4) is 0 Å². The number of benzene rings is 20. The second-order valence-corrected chi connectivity index (χ2v) is 36.3. The second kappa shape index (κ2) is 33.1. The van der Waals surface area contributed by atoms with E-state index in [9.17, 15) is 0 Å². The molecule has 2 aromatic heterocycles. The maximum atomic E-state index is 3.84. The Morgan fingerprint density at radius 2 is 0.436 bits per heavy atom. The molecule has 0 saturated carbocycles. The summed E-state index contributed by atoms with van der Waals surface area (Å²) in [5.41, 5.74) is 40.6. The van der Waals surface area contributed by atoms with Gasteiger partial charge in [-0.25, -0.2) is 0 Å². The average Bonchev–Trinajstić information content (AvgIpc) is 0.736. The van der Waals surface area contributed by atoms with Crippen molar-refractivity contribution in [3.05, 3.63) is 505 Å². The maximum Gasteiger partial charge on any atom is 0.252 e. The smallest absolute Gasteiger partial charge is 0.252 e. The van der Waals surface area contributed by atoms with Gasteiger partial charge >= 0.3 is 0 Å². The van der Waals surface area contributed by atoms with E-state index in [-0.39, 0.29) is 13.4 Å². The molecule has 8 nitrogen and oxygen atoms in total. The molecule has 0 saturated heterocycles. The first-order valence-corrected chi connectivity index (χ1v) is 47.0. The van der Waals surface area contributed by atoms with Gasteiger partial charge in [-0.2, -0.15) is 0 Å². The first kappa shape index (κ1) is 79.1. The van der Waals surface area contributed by atoms with Gasteiger partial charge < -0.3 is 38.5 Å². The lowest BCUT2D eigenvalue weighted by Crippen LogP contribution is -2.61. The Hall–Kier alpha value is -16.1. The minimum absolute atomic E-state index is 0.0193. The van der Waals surface area contributed by atoms with Crippen LogP contribution in [0.4, 0.5) is 102 Å². The lowest BCUT2D eigenvalue weighted by molar-refractivity contribution is 1.17. The third-order valence-corrected chi connectivity index (χ3v) is 28.0. The van der Waals surface area contributed by atoms with Gasteiger partial charge in [0.05, 0.1) is 33.4 Å². The Morgan fingerprint density at radius 3 is 0.729 bits per heavy atom. The molecule has 27 rings (SSSR count). The zero-order valence-electron chi connectivity index (χ0n) is 72.4. The summed E-state index contributed by atoms with van der Waals surface area (Å²) in [6, 6.07) is 176. The van der Waals surface area contributed by atoms with Gasteiger partial charge in [0.25, 0.3) is 13.4 Å². The summed E-state index contributed by atoms with van der Waals surface area (Å²) in [5, 5.41) is 4.98. The zero-order chi connectivity index (χ0) is 88.1. The number of para-hydroxylation sites is 12. The Kier molecular flexibility index (Phi) is 19.7. The molecule has 4 aliphatic heterocycles. The fraction of sp³-hybridized carbons (Fsp3) is 0.00826. The van der Waals surface area contributed by atoms with Gasteiger partial charge in [0.2, 0.25) is 0 Å². The van der Waals surface area contributed by atoms with Crippen LogP contribution in [-0.4, -0.2) is 22.6 Å². The molecule has 626 valence electrons. The topological polar surface area (TPSA) is 29.3 Å². The van der Waals surface area contributed by atoms with Gasteiger partial charge in [0, 0.05) is 133 Å². The molecule has 0 bridgehead atoms. The summed E-state index contributed by atoms with van der Waals surface area (Å²) in [7, 11) is 0. The normalized spacial score (nSPS) is 12.6. The van der Waals surface area contributed by atoms with Crippen LogP contribution >= 0.6 is 31.9 Å². The molecule has 12 heteroatoms. The summed E-state index contributed by atoms with van der Waals surface area (Å²) in [5.74, 6) is 0. The highest BCUT2D eigenvalue weighted by Crippen LogP contribution is 2.53. The molecule has 5 aliphatic rings. The van der Waals surface area contributed by atoms with Crippen LogP contribution in [0, 0.1) is 0 Å². The molecular weight excluding hydrogens is 1750 g/mol. The fourth-order valence-corrected chi connectivity index (χ4v) is 22.3. The summed E-state index contributed by atoms with van der Waals surface area (Å²) in [6.07, 6.45) is 1.10. The van der Waals surface area contributed by atoms with Crippen LogP contribution in [0.1, 0.15) is 11.1 Å². The molecule has 0 N–H and O–H groups in total. The van der Waals surface area contributed by atoms with E-state index in [0.29, 0.717) is 0 Å². The molecular formula is C121H82B2Br2N8. The van der Waals surface area contributed by atoms with Gasteiger partial charge in [0.1, 0.15) is 0 Å². The van der Waals surface area contributed by atoms with Crippen LogP contribution in [-0.2, 0) is 6.42 Å². The van der Waals surface area contributed by atoms with Gasteiger partial charge in [-0.3, -0.25) is 0 Å². The average molecular weight is 1830 g/mol. The Morgan fingerprint density at radius 1 is 0.195 bits per heavy atom. The monoisotopic (exact) mass is 1830 g/mol. The molecule has 0 unspecified atom stereocenters. The third-order valence-electron chi connectivity index (χ3n) is 27.0. The number of rotatable bonds is 12. The van der Waals surface area contributed by atoms with Crippen molar-refractivity contribution in [1.82, 2.24) is 9.13 Å². The predicted octanol–water partition coefficient (Wildman–Crippen LogP) is 29.5. The van der Waals surface area contributed by atoms with Crippen molar-refractivity contribution in [2.24, 2.45) is 0 Å². The van der Waals surface area contributed by atoms with Crippen LogP contribution < -0.4 is 62.2 Å². The number of nitrogens with zero attached hydrogens (tertiary/aromatic N) is 8. The van der Waals surface area contributed by atoms with Crippen molar-refractivity contribution in [2.75, 3.05) is 29.4 Å². The molecule has 0 fully saturated rings. The first-order chi connectivity index (χ1) is 65.9. The highest BCUT2D eigenvalue weighted by molar-refractivity contribution is 9.10. The van der Waals surface area contributed by atoms with E-state index in [0.717, 1.165) is 118 Å². The van der Waals surface area contributed by atoms with Crippen LogP contribution in [0.5, 0.6) is 0 Å². The zero-order valence-corrected chi connectivity index (χ0v) is 75.6. The summed E-state index contributed by atoms with van der Waals surface area (Å²) >= 11 is 7.68. The SMILES string of the molecule is Brc1ccc2c(c1)B1c3cc(Br)ccc3N(c3ccccc3)c3cc(N(c4ccccc4)c4ccccc4)cc(c31)N2c1ccccc1.c1ccc(N(c2ccccc2)c2cc3c4c(c2)N(c2ccccc2)c2ccc(-n5c6ccccc6c6ccccc65)cc2B4c2cc(-n4c5ccccc5c5ccccc54)ccc2N3c2ccccc2)cc1.c1ccc2c(c1)Cc1ccccc1-2. The van der Waals surface area contributed by atoms with E-state index in [1.54, 1.807) is 0 Å². The van der Waals surface area contributed by atoms with Crippen molar-refractivity contribution < 1.29 is 0 Å². The molecule has 133 heavy (non-hydrogen) atoms. The lowest BCUT2D eigenvalue weighted by Gasteiger charge is -2.45. The number of anilines is 18. The molecule has 1 aliphatic carbocycles. The van der Waals surface area contributed by atoms with Crippen molar-refractivity contribution in [2.45, 2.75) is 6.42 Å². The molecule has 0 amide bonds. The minimum atomic E-state index is -0.156. The fourth-order valence-electron chi connectivity index (χ4n) is 21.5. The van der Waals surface area contributed by atoms with E-state index < -0.39 is 0 Å². The minimum Gasteiger partial charge on any atom is -0.311 e. The summed E-state index contributed by atoms with van der Waals surface area (Å²) in [4.78, 5) is 14.7. The Balaban J connectivity index is 0.000000132. The number of hydrogen-bond donors (Lipinski definition) is 0. The predicted molar refractivity (Wildman–Crippen MR) is 569 cm³/mol. The summed E-state index contributed by atoms with van der Waals surface area (Å²) in [6.45, 7) is -0.136. The van der Waals surface area contributed by atoms with Gasteiger partial charge in [-0.1, -0.05) is 311 Å². The number of halogens is 2. The third kappa shape index (κ3) is 13.5. The molecule has 22 aromatic rings. The van der Waals surface area contributed by atoms with E-state index in [1.165, 1.54) is 110 Å². The van der Waals surface area contributed by atoms with E-state index >= 15 is 0 Å². The van der Waals surface area contributed by atoms with Crippen molar-refractivity contribution in [3.63, 3.8) is 0 Å². The van der Waals surface area contributed by atoms with Crippen LogP contribution in [0.25, 0.3) is 66.1 Å². The number of hydrogen-bond acceptors (Lipinski definition) is 6. The molecule has 6 heterocycles. The first-order valence-electron chi connectivity index (χ1n) is 45.4. The molecule has 0 spiro atoms. The van der Waals surface area contributed by atoms with Crippen molar-refractivity contribution >= 4 is 224 Å². The van der Waals surface area contributed by atoms with E-state index in [4.69, 9.17) is 0 Å². The summed E-state index contributed by atoms with van der Waals surface area (Å²) < 4.78 is 7.06. The number of fused-ring (bicyclic) bond motifs is 17. The second-order valence-electron chi connectivity index (χ2n) is 34.5. The van der Waals surface area contributed by atoms with Crippen LogP contribution in [0.15, 0.2) is 494 Å². The highest BCUT2D eigenvalue weighted by atomic mass is 79.9. The van der Waals surface area contributed by atoms with Gasteiger partial charge in [-0.15, -0.1) is 0 Å². The highest BCUT2D eigenvalue weighted by Gasteiger charge is 2.47. The van der Waals surface area contributed by atoms with Crippen molar-refractivity contribution in [3.8, 4) is 22.5 Å². The van der Waals surface area contributed by atoms with Crippen molar-refractivity contribution in [1.29, 1.82) is 0 Å². The maximum absolute atomic E-state index is 3.84. The van der Waals surface area contributed by atoms with Crippen LogP contribution in [0.2, 0.25) is 0 Å². The number of aromatic nitrogens is 2. The van der Waals surface area contributed by atoms with E-state index in [1.807, 2.05) is 0 Å². The molecule has 0 atom stereocenters. The Labute approximate surface area is 790 Å². The van der Waals surface area contributed by atoms with Gasteiger partial charge in [0.15, 0.2) is 0 Å². The Bertz CT molecular complexity index is 7670. The quantitative estimate of drug-likeness (QED) is 0.113. The van der Waals surface area contributed by atoms with Gasteiger partial charge in [-0.05, 0) is 268 Å². The molecule has 20 aromatic carbocycles. The van der Waals surface area contributed by atoms with E-state index in [2.05, 4.69) is 556 Å². The molecule has 0 radical (unpaired) electrons.